The molecule has 0 fully saturated rings. The number of fused-ring (bicyclic) bond motifs is 3. The molecule has 2 aromatic carbocycles. The molecule has 27 heavy (non-hydrogen) atoms. The molecule has 1 aliphatic heterocycles. The fourth-order valence-electron chi connectivity index (χ4n) is 3.42. The van der Waals surface area contributed by atoms with Gasteiger partial charge in [-0.2, -0.15) is 5.26 Å². The zero-order valence-corrected chi connectivity index (χ0v) is 15.8. The monoisotopic (exact) mass is 378 g/mol. The first-order chi connectivity index (χ1) is 12.9. The molecule has 136 valence electrons. The van der Waals surface area contributed by atoms with Gasteiger partial charge in [-0.3, -0.25) is 4.98 Å². The molecule has 1 aliphatic rings. The summed E-state index contributed by atoms with van der Waals surface area (Å²) in [4.78, 5) is 6.70. The van der Waals surface area contributed by atoms with Gasteiger partial charge in [-0.05, 0) is 48.4 Å². The van der Waals surface area contributed by atoms with Crippen molar-refractivity contribution < 1.29 is 8.42 Å². The van der Waals surface area contributed by atoms with Crippen LogP contribution in [0.25, 0.3) is 10.9 Å². The molecule has 4 rings (SSSR count). The van der Waals surface area contributed by atoms with Gasteiger partial charge < -0.3 is 10.2 Å². The van der Waals surface area contributed by atoms with Crippen LogP contribution in [0.15, 0.2) is 47.5 Å². The van der Waals surface area contributed by atoms with Crippen molar-refractivity contribution in [1.29, 1.82) is 5.26 Å². The second-order valence-corrected chi connectivity index (χ2v) is 8.81. The number of sulfone groups is 1. The molecule has 0 radical (unpaired) electrons. The predicted molar refractivity (Wildman–Crippen MR) is 106 cm³/mol. The molecule has 0 saturated carbocycles. The van der Waals surface area contributed by atoms with E-state index in [1.807, 2.05) is 43.3 Å². The number of rotatable bonds is 3. The van der Waals surface area contributed by atoms with E-state index in [0.717, 1.165) is 16.9 Å². The number of aryl methyl sites for hydroxylation is 1. The number of anilines is 3. The minimum absolute atomic E-state index is 0.0925. The largest absolute Gasteiger partial charge is 0.378 e. The van der Waals surface area contributed by atoms with Crippen LogP contribution in [0.1, 0.15) is 11.1 Å². The van der Waals surface area contributed by atoms with Crippen LogP contribution in [-0.4, -0.2) is 33.2 Å². The molecule has 1 aromatic heterocycles. The summed E-state index contributed by atoms with van der Waals surface area (Å²) in [5, 5.41) is 13.6. The van der Waals surface area contributed by atoms with Gasteiger partial charge in [-0.15, -0.1) is 0 Å². The molecule has 3 aromatic rings. The number of hydrogen-bond donors (Lipinski definition) is 1. The lowest BCUT2D eigenvalue weighted by Crippen LogP contribution is -2.08. The Morgan fingerprint density at radius 3 is 2.56 bits per heavy atom. The van der Waals surface area contributed by atoms with Crippen molar-refractivity contribution in [2.75, 3.05) is 30.1 Å². The molecular weight excluding hydrogens is 360 g/mol. The van der Waals surface area contributed by atoms with Gasteiger partial charge in [0.15, 0.2) is 9.84 Å². The first kappa shape index (κ1) is 17.3. The minimum atomic E-state index is -3.27. The Balaban J connectivity index is 1.91. The van der Waals surface area contributed by atoms with Crippen LogP contribution in [0.5, 0.6) is 0 Å². The van der Waals surface area contributed by atoms with E-state index in [9.17, 15) is 13.7 Å². The highest BCUT2D eigenvalue weighted by atomic mass is 32.2. The lowest BCUT2D eigenvalue weighted by Gasteiger charge is -2.16. The Labute approximate surface area is 158 Å². The van der Waals surface area contributed by atoms with E-state index in [1.54, 1.807) is 12.1 Å². The molecule has 7 heteroatoms. The van der Waals surface area contributed by atoms with Crippen molar-refractivity contribution in [3.8, 4) is 6.07 Å². The number of aromatic nitrogens is 1. The minimum Gasteiger partial charge on any atom is -0.378 e. The molecule has 0 bridgehead atoms. The molecular formula is C20H18N4O2S. The Hall–Kier alpha value is -3.11. The van der Waals surface area contributed by atoms with E-state index >= 15 is 0 Å². The second-order valence-electron chi connectivity index (χ2n) is 6.73. The first-order valence-electron chi connectivity index (χ1n) is 8.52. The average molecular weight is 378 g/mol. The topological polar surface area (TPSA) is 86.1 Å². The van der Waals surface area contributed by atoms with Gasteiger partial charge >= 0.3 is 0 Å². The standard InChI is InChI=1S/C20H18N4O2S/c1-24(2)15-5-3-14(4-6-15)23-20-13(11-21)12-22-17-7-8-18-16(19(17)20)9-10-27(18,25)26/h3-8,12H,9-10H2,1-2H3,(H,22,23). The van der Waals surface area contributed by atoms with Crippen LogP contribution in [0, 0.1) is 11.3 Å². The highest BCUT2D eigenvalue weighted by Crippen LogP contribution is 2.38. The van der Waals surface area contributed by atoms with Gasteiger partial charge in [0.1, 0.15) is 6.07 Å². The van der Waals surface area contributed by atoms with Gasteiger partial charge in [-0.25, -0.2) is 8.42 Å². The van der Waals surface area contributed by atoms with Crippen LogP contribution in [0.2, 0.25) is 0 Å². The van der Waals surface area contributed by atoms with Gasteiger partial charge in [-0.1, -0.05) is 0 Å². The molecule has 0 saturated heterocycles. The van der Waals surface area contributed by atoms with Crippen LogP contribution in [-0.2, 0) is 16.3 Å². The van der Waals surface area contributed by atoms with Crippen LogP contribution in [0.3, 0.4) is 0 Å². The van der Waals surface area contributed by atoms with Crippen LogP contribution < -0.4 is 10.2 Å². The maximum absolute atomic E-state index is 12.3. The maximum atomic E-state index is 12.3. The Morgan fingerprint density at radius 2 is 1.89 bits per heavy atom. The van der Waals surface area contributed by atoms with Crippen molar-refractivity contribution in [1.82, 2.24) is 4.98 Å². The van der Waals surface area contributed by atoms with E-state index in [1.165, 1.54) is 6.20 Å². The molecule has 1 N–H and O–H groups in total. The number of pyridine rings is 1. The van der Waals surface area contributed by atoms with Crippen molar-refractivity contribution in [3.05, 3.63) is 53.7 Å². The number of nitrogens with zero attached hydrogens (tertiary/aromatic N) is 3. The zero-order chi connectivity index (χ0) is 19.2. The normalized spacial score (nSPS) is 14.6. The number of hydrogen-bond acceptors (Lipinski definition) is 6. The zero-order valence-electron chi connectivity index (χ0n) is 15.0. The van der Waals surface area contributed by atoms with Gasteiger partial charge in [0.05, 0.1) is 27.4 Å². The third kappa shape index (κ3) is 2.88. The maximum Gasteiger partial charge on any atom is 0.179 e. The van der Waals surface area contributed by atoms with Crippen molar-refractivity contribution >= 4 is 37.8 Å². The van der Waals surface area contributed by atoms with E-state index in [2.05, 4.69) is 16.4 Å². The average Bonchev–Trinajstić information content (AvgIpc) is 2.97. The lowest BCUT2D eigenvalue weighted by atomic mass is 10.0. The predicted octanol–water partition coefficient (Wildman–Crippen LogP) is 3.25. The Morgan fingerprint density at radius 1 is 1.15 bits per heavy atom. The smallest absolute Gasteiger partial charge is 0.179 e. The second kappa shape index (κ2) is 6.25. The van der Waals surface area contributed by atoms with E-state index in [-0.39, 0.29) is 5.75 Å². The molecule has 0 aliphatic carbocycles. The fourth-order valence-corrected chi connectivity index (χ4v) is 4.97. The molecule has 0 spiro atoms. The quantitative estimate of drug-likeness (QED) is 0.753. The highest BCUT2D eigenvalue weighted by Gasteiger charge is 2.29. The summed E-state index contributed by atoms with van der Waals surface area (Å²) in [6.07, 6.45) is 1.95. The summed E-state index contributed by atoms with van der Waals surface area (Å²) < 4.78 is 24.6. The number of nitrogens with one attached hydrogen (secondary N) is 1. The number of benzene rings is 2. The highest BCUT2D eigenvalue weighted by molar-refractivity contribution is 7.91. The Kier molecular flexibility index (Phi) is 4.01. The summed E-state index contributed by atoms with van der Waals surface area (Å²) in [5.41, 5.74) is 4.29. The molecule has 6 nitrogen and oxygen atoms in total. The van der Waals surface area contributed by atoms with E-state index in [0.29, 0.717) is 33.5 Å². The van der Waals surface area contributed by atoms with Crippen molar-refractivity contribution in [2.24, 2.45) is 0 Å². The lowest BCUT2D eigenvalue weighted by molar-refractivity contribution is 0.600. The van der Waals surface area contributed by atoms with Crippen LogP contribution >= 0.6 is 0 Å². The molecule has 0 unspecified atom stereocenters. The van der Waals surface area contributed by atoms with Crippen molar-refractivity contribution in [3.63, 3.8) is 0 Å². The summed E-state index contributed by atoms with van der Waals surface area (Å²) in [7, 11) is 0.672. The summed E-state index contributed by atoms with van der Waals surface area (Å²) >= 11 is 0. The van der Waals surface area contributed by atoms with Gasteiger partial charge in [0.25, 0.3) is 0 Å². The first-order valence-corrected chi connectivity index (χ1v) is 10.2. The van der Waals surface area contributed by atoms with Gasteiger partial charge in [0.2, 0.25) is 0 Å². The molecule has 2 heterocycles. The van der Waals surface area contributed by atoms with E-state index in [4.69, 9.17) is 0 Å². The molecule has 0 amide bonds. The van der Waals surface area contributed by atoms with Crippen LogP contribution in [0.4, 0.5) is 17.1 Å². The SMILES string of the molecule is CN(C)c1ccc(Nc2c(C#N)cnc3ccc4c(c23)CCS4(=O)=O)cc1. The summed E-state index contributed by atoms with van der Waals surface area (Å²) in [5.74, 6) is 0.0925. The van der Waals surface area contributed by atoms with Crippen molar-refractivity contribution in [2.45, 2.75) is 11.3 Å². The fraction of sp³-hybridized carbons (Fsp3) is 0.200. The third-order valence-electron chi connectivity index (χ3n) is 4.83. The summed E-state index contributed by atoms with van der Waals surface area (Å²) in [6.45, 7) is 0. The van der Waals surface area contributed by atoms with Gasteiger partial charge in [0, 0.05) is 37.1 Å². The number of nitriles is 1. The summed E-state index contributed by atoms with van der Waals surface area (Å²) in [6, 6.07) is 13.3. The Bertz CT molecular complexity index is 1190. The van der Waals surface area contributed by atoms with E-state index < -0.39 is 9.84 Å². The molecule has 0 atom stereocenters. The third-order valence-corrected chi connectivity index (χ3v) is 6.62.